The molecule has 6 N–H and O–H groups in total. The summed E-state index contributed by atoms with van der Waals surface area (Å²) >= 11 is 0. The van der Waals surface area contributed by atoms with Gasteiger partial charge in [-0.15, -0.1) is 0 Å². The minimum Gasteiger partial charge on any atom is -0.399 e. The summed E-state index contributed by atoms with van der Waals surface area (Å²) in [4.78, 5) is 0. The van der Waals surface area contributed by atoms with Crippen molar-refractivity contribution in [3.05, 3.63) is 48.5 Å². The smallest absolute Gasteiger partial charge is 0.0701 e. The van der Waals surface area contributed by atoms with Crippen molar-refractivity contribution in [2.75, 3.05) is 61.6 Å². The fourth-order valence-corrected chi connectivity index (χ4v) is 2.06. The number of nitrogens with two attached hydrogens (primary N) is 2. The zero-order valence-corrected chi connectivity index (χ0v) is 13.8. The van der Waals surface area contributed by atoms with Gasteiger partial charge in [-0.25, -0.2) is 0 Å². The highest BCUT2D eigenvalue weighted by Gasteiger charge is 1.94. The van der Waals surface area contributed by atoms with E-state index in [1.165, 1.54) is 0 Å². The topological polar surface area (TPSA) is 94.6 Å². The summed E-state index contributed by atoms with van der Waals surface area (Å²) < 4.78 is 11.0. The normalized spacial score (nSPS) is 10.5. The lowest BCUT2D eigenvalue weighted by atomic mass is 10.3. The first-order valence-corrected chi connectivity index (χ1v) is 8.08. The molecule has 0 heterocycles. The molecule has 0 aromatic heterocycles. The van der Waals surface area contributed by atoms with Crippen LogP contribution < -0.4 is 22.1 Å². The number of anilines is 4. The standard InChI is InChI=1S/C18H26N4O2/c19-15-1-5-17(6-2-15)21-9-11-23-13-14-24-12-10-22-18-7-3-16(20)4-8-18/h1-8,21-22H,9-14,19-20H2. The van der Waals surface area contributed by atoms with E-state index >= 15 is 0 Å². The number of rotatable bonds is 11. The van der Waals surface area contributed by atoms with Crippen LogP contribution in [0, 0.1) is 0 Å². The van der Waals surface area contributed by atoms with Gasteiger partial charge in [-0.3, -0.25) is 0 Å². The van der Waals surface area contributed by atoms with Crippen molar-refractivity contribution in [2.24, 2.45) is 0 Å². The Balaban J connectivity index is 1.40. The van der Waals surface area contributed by atoms with E-state index in [-0.39, 0.29) is 0 Å². The zero-order valence-electron chi connectivity index (χ0n) is 13.8. The lowest BCUT2D eigenvalue weighted by molar-refractivity contribution is 0.0557. The molecule has 0 atom stereocenters. The molecule has 6 nitrogen and oxygen atoms in total. The number of nitrogen functional groups attached to an aromatic ring is 2. The van der Waals surface area contributed by atoms with Gasteiger partial charge in [0.1, 0.15) is 0 Å². The number of nitrogens with one attached hydrogen (secondary N) is 2. The highest BCUT2D eigenvalue weighted by Crippen LogP contribution is 2.10. The molecular weight excluding hydrogens is 304 g/mol. The first-order valence-electron chi connectivity index (χ1n) is 8.08. The molecule has 2 rings (SSSR count). The van der Waals surface area contributed by atoms with Crippen molar-refractivity contribution in [1.29, 1.82) is 0 Å². The van der Waals surface area contributed by atoms with Crippen LogP contribution in [-0.4, -0.2) is 39.5 Å². The summed E-state index contributed by atoms with van der Waals surface area (Å²) in [6, 6.07) is 15.3. The van der Waals surface area contributed by atoms with Crippen LogP contribution in [0.4, 0.5) is 22.7 Å². The van der Waals surface area contributed by atoms with Crippen LogP contribution in [0.15, 0.2) is 48.5 Å². The fourth-order valence-electron chi connectivity index (χ4n) is 2.06. The SMILES string of the molecule is Nc1ccc(NCCOCCOCCNc2ccc(N)cc2)cc1. The van der Waals surface area contributed by atoms with Gasteiger partial charge in [0.05, 0.1) is 26.4 Å². The zero-order chi connectivity index (χ0) is 17.0. The van der Waals surface area contributed by atoms with Crippen molar-refractivity contribution >= 4 is 22.7 Å². The Morgan fingerprint density at radius 1 is 0.583 bits per heavy atom. The monoisotopic (exact) mass is 330 g/mol. The molecular formula is C18H26N4O2. The van der Waals surface area contributed by atoms with Crippen LogP contribution in [0.3, 0.4) is 0 Å². The largest absolute Gasteiger partial charge is 0.399 e. The third kappa shape index (κ3) is 7.21. The van der Waals surface area contributed by atoms with Gasteiger partial charge in [0.2, 0.25) is 0 Å². The maximum Gasteiger partial charge on any atom is 0.0701 e. The maximum atomic E-state index is 5.63. The van der Waals surface area contributed by atoms with E-state index in [1.54, 1.807) is 0 Å². The third-order valence-corrected chi connectivity index (χ3v) is 3.34. The molecule has 0 aliphatic carbocycles. The average molecular weight is 330 g/mol. The molecule has 24 heavy (non-hydrogen) atoms. The third-order valence-electron chi connectivity index (χ3n) is 3.34. The Labute approximate surface area is 143 Å². The molecule has 0 unspecified atom stereocenters. The van der Waals surface area contributed by atoms with Gasteiger partial charge < -0.3 is 31.6 Å². The molecule has 0 aliphatic heterocycles. The summed E-state index contributed by atoms with van der Waals surface area (Å²) in [6.07, 6.45) is 0. The molecule has 0 amide bonds. The molecule has 6 heteroatoms. The summed E-state index contributed by atoms with van der Waals surface area (Å²) in [5.74, 6) is 0. The van der Waals surface area contributed by atoms with Crippen LogP contribution in [0.25, 0.3) is 0 Å². The molecule has 0 spiro atoms. The van der Waals surface area contributed by atoms with Crippen molar-refractivity contribution in [3.63, 3.8) is 0 Å². The highest BCUT2D eigenvalue weighted by molar-refractivity contribution is 5.51. The second kappa shape index (κ2) is 10.4. The Morgan fingerprint density at radius 3 is 1.33 bits per heavy atom. The van der Waals surface area contributed by atoms with Crippen LogP contribution in [0.5, 0.6) is 0 Å². The summed E-state index contributed by atoms with van der Waals surface area (Å²) in [7, 11) is 0. The van der Waals surface area contributed by atoms with Crippen LogP contribution in [-0.2, 0) is 9.47 Å². The molecule has 0 radical (unpaired) electrons. The van der Waals surface area contributed by atoms with Crippen LogP contribution >= 0.6 is 0 Å². The van der Waals surface area contributed by atoms with Gasteiger partial charge in [0.15, 0.2) is 0 Å². The predicted molar refractivity (Wildman–Crippen MR) is 100 cm³/mol. The van der Waals surface area contributed by atoms with Crippen molar-refractivity contribution in [3.8, 4) is 0 Å². The van der Waals surface area contributed by atoms with Gasteiger partial charge in [0, 0.05) is 35.8 Å². The van der Waals surface area contributed by atoms with E-state index in [1.807, 2.05) is 48.5 Å². The highest BCUT2D eigenvalue weighted by atomic mass is 16.5. The van der Waals surface area contributed by atoms with Crippen molar-refractivity contribution in [1.82, 2.24) is 0 Å². The first-order chi connectivity index (χ1) is 11.7. The average Bonchev–Trinajstić information content (AvgIpc) is 2.60. The van der Waals surface area contributed by atoms with Gasteiger partial charge >= 0.3 is 0 Å². The molecule has 130 valence electrons. The molecule has 0 fully saturated rings. The molecule has 2 aromatic rings. The van der Waals surface area contributed by atoms with Gasteiger partial charge in [-0.1, -0.05) is 0 Å². The van der Waals surface area contributed by atoms with Crippen molar-refractivity contribution in [2.45, 2.75) is 0 Å². The van der Waals surface area contributed by atoms with Crippen LogP contribution in [0.2, 0.25) is 0 Å². The number of hydrogen-bond donors (Lipinski definition) is 4. The Morgan fingerprint density at radius 2 is 0.958 bits per heavy atom. The van der Waals surface area contributed by atoms with E-state index in [0.717, 1.165) is 35.8 Å². The van der Waals surface area contributed by atoms with Gasteiger partial charge in [-0.2, -0.15) is 0 Å². The Kier molecular flexibility index (Phi) is 7.73. The lowest BCUT2D eigenvalue weighted by Gasteiger charge is -2.09. The minimum atomic E-state index is 0.589. The van der Waals surface area contributed by atoms with E-state index in [2.05, 4.69) is 10.6 Å². The molecule has 2 aromatic carbocycles. The lowest BCUT2D eigenvalue weighted by Crippen LogP contribution is -2.15. The second-order valence-electron chi connectivity index (χ2n) is 5.32. The second-order valence-corrected chi connectivity index (χ2v) is 5.32. The van der Waals surface area contributed by atoms with Gasteiger partial charge in [-0.05, 0) is 48.5 Å². The minimum absolute atomic E-state index is 0.589. The quantitative estimate of drug-likeness (QED) is 0.373. The van der Waals surface area contributed by atoms with E-state index in [4.69, 9.17) is 20.9 Å². The van der Waals surface area contributed by atoms with Crippen LogP contribution in [0.1, 0.15) is 0 Å². The fraction of sp³-hybridized carbons (Fsp3) is 0.333. The molecule has 0 aliphatic rings. The summed E-state index contributed by atoms with van der Waals surface area (Å²) in [6.45, 7) is 3.96. The van der Waals surface area contributed by atoms with E-state index in [0.29, 0.717) is 26.4 Å². The van der Waals surface area contributed by atoms with E-state index in [9.17, 15) is 0 Å². The molecule has 0 saturated carbocycles. The predicted octanol–water partition coefficient (Wildman–Crippen LogP) is 2.41. The number of ether oxygens (including phenoxy) is 2. The van der Waals surface area contributed by atoms with Gasteiger partial charge in [0.25, 0.3) is 0 Å². The maximum absolute atomic E-state index is 5.63. The number of benzene rings is 2. The number of hydrogen-bond acceptors (Lipinski definition) is 6. The van der Waals surface area contributed by atoms with E-state index < -0.39 is 0 Å². The Bertz CT molecular complexity index is 519. The Hall–Kier alpha value is -2.44. The van der Waals surface area contributed by atoms with Crippen molar-refractivity contribution < 1.29 is 9.47 Å². The molecule has 0 saturated heterocycles. The first kappa shape index (κ1) is 17.9. The summed E-state index contributed by atoms with van der Waals surface area (Å²) in [5.41, 5.74) is 14.9. The molecule has 0 bridgehead atoms. The summed E-state index contributed by atoms with van der Waals surface area (Å²) in [5, 5.41) is 6.53.